The predicted molar refractivity (Wildman–Crippen MR) is 245 cm³/mol. The van der Waals surface area contributed by atoms with E-state index in [1.54, 1.807) is 58.0 Å². The van der Waals surface area contributed by atoms with Crippen LogP contribution in [0.5, 0.6) is 0 Å². The number of H-pyrrole nitrogens is 2. The van der Waals surface area contributed by atoms with Crippen LogP contribution in [0.25, 0.3) is 21.8 Å². The van der Waals surface area contributed by atoms with Crippen molar-refractivity contribution in [1.29, 1.82) is 0 Å². The number of nitrogens with zero attached hydrogens (tertiary/aromatic N) is 4. The number of carbonyl (C=O) groups excluding carboxylic acids is 1. The van der Waals surface area contributed by atoms with E-state index in [4.69, 9.17) is 14.2 Å². The molecule has 0 aliphatic heterocycles. The van der Waals surface area contributed by atoms with Crippen LogP contribution in [-0.2, 0) is 31.5 Å². The van der Waals surface area contributed by atoms with Crippen molar-refractivity contribution in [3.63, 3.8) is 0 Å². The van der Waals surface area contributed by atoms with Gasteiger partial charge >= 0.3 is 19.5 Å². The maximum absolute atomic E-state index is 12.8. The van der Waals surface area contributed by atoms with Crippen molar-refractivity contribution in [3.05, 3.63) is 114 Å². The standard InChI is InChI=1S/C25H33N4O7PS.C16H15N3O3S.CH4/c1-5-35-37(34,36-6-2)13-7-8-20(25(32)33)28-24(31)21-11-12-22(38-21)29(4)15-17-9-10-19-18(14-17)23(30)27-16(3)26-19;1-9-17-12-4-3-10(7-11(12)15(20)18-9)8-19(2)14-6-5-13(23-14)16(21)22;/h9-12,14,20H,5-8,13,15H2,1-4H3,(H,28,31)(H,32,33)(H,26,27,30);3-7H,8H2,1-2H3,(H,21,22)(H,17,18,20);1H4/t20-;;/m0../s1. The molecule has 0 unspecified atom stereocenters. The lowest BCUT2D eigenvalue weighted by Gasteiger charge is -2.19. The third-order valence-corrected chi connectivity index (χ3v) is 13.7. The molecule has 2 aromatic carbocycles. The third-order valence-electron chi connectivity index (χ3n) is 9.17. The summed E-state index contributed by atoms with van der Waals surface area (Å²) in [4.78, 5) is 78.4. The lowest BCUT2D eigenvalue weighted by molar-refractivity contribution is -0.139. The maximum atomic E-state index is 12.8. The number of anilines is 2. The molecule has 6 aromatic rings. The number of benzene rings is 2. The first-order valence-electron chi connectivity index (χ1n) is 19.2. The van der Waals surface area contributed by atoms with Crippen LogP contribution in [-0.4, -0.2) is 87.5 Å². The quantitative estimate of drug-likeness (QED) is 0.0528. The van der Waals surface area contributed by atoms with Gasteiger partial charge in [-0.15, -0.1) is 22.7 Å². The Morgan fingerprint density at radius 1 is 0.774 bits per heavy atom. The molecule has 4 heterocycles. The second-order valence-corrected chi connectivity index (χ2v) is 18.3. The summed E-state index contributed by atoms with van der Waals surface area (Å²) in [5, 5.41) is 23.9. The van der Waals surface area contributed by atoms with Crippen molar-refractivity contribution in [1.82, 2.24) is 25.3 Å². The molecular weight excluding hydrogens is 858 g/mol. The molecule has 0 aliphatic carbocycles. The second-order valence-electron chi connectivity index (χ2n) is 14.0. The number of amides is 1. The van der Waals surface area contributed by atoms with Crippen LogP contribution in [0.1, 0.15) is 76.2 Å². The number of carboxylic acids is 2. The molecule has 0 bridgehead atoms. The summed E-state index contributed by atoms with van der Waals surface area (Å²) in [6, 6.07) is 16.7. The number of carboxylic acid groups (broad SMARTS) is 2. The number of carbonyl (C=O) groups is 3. The fourth-order valence-corrected chi connectivity index (χ4v) is 9.71. The molecule has 62 heavy (non-hydrogen) atoms. The van der Waals surface area contributed by atoms with E-state index in [2.05, 4.69) is 25.3 Å². The van der Waals surface area contributed by atoms with Gasteiger partial charge in [-0.1, -0.05) is 19.6 Å². The Labute approximate surface area is 366 Å². The van der Waals surface area contributed by atoms with Crippen molar-refractivity contribution >= 4 is 79.9 Å². The number of aryl methyl sites for hydroxylation is 2. The molecule has 0 spiro atoms. The lowest BCUT2D eigenvalue weighted by Crippen LogP contribution is -2.40. The molecular formula is C42H52N7O10PS2. The van der Waals surface area contributed by atoms with E-state index in [-0.39, 0.29) is 50.8 Å². The summed E-state index contributed by atoms with van der Waals surface area (Å²) in [5.74, 6) is -1.46. The molecule has 332 valence electrons. The number of rotatable bonds is 18. The average Bonchev–Trinajstić information content (AvgIpc) is 3.91. The highest BCUT2D eigenvalue weighted by Gasteiger charge is 2.27. The number of aromatic carboxylic acids is 1. The Hall–Kier alpha value is -5.72. The second kappa shape index (κ2) is 21.9. The van der Waals surface area contributed by atoms with E-state index < -0.39 is 31.5 Å². The number of aromatic amines is 2. The zero-order valence-electron chi connectivity index (χ0n) is 34.5. The molecule has 0 fully saturated rings. The third kappa shape index (κ3) is 12.9. The fraction of sp³-hybridized carbons (Fsp3) is 0.357. The zero-order valence-corrected chi connectivity index (χ0v) is 37.0. The summed E-state index contributed by atoms with van der Waals surface area (Å²) in [7, 11) is 0.468. The molecule has 4 aromatic heterocycles. The Kier molecular flexibility index (Phi) is 17.3. The molecule has 6 rings (SSSR count). The maximum Gasteiger partial charge on any atom is 0.345 e. The highest BCUT2D eigenvalue weighted by atomic mass is 32.1. The van der Waals surface area contributed by atoms with E-state index in [9.17, 15) is 33.6 Å². The number of nitrogens with one attached hydrogen (secondary N) is 3. The highest BCUT2D eigenvalue weighted by molar-refractivity contribution is 7.53. The van der Waals surface area contributed by atoms with Crippen LogP contribution >= 0.6 is 30.3 Å². The fourth-order valence-electron chi connectivity index (χ4n) is 6.34. The van der Waals surface area contributed by atoms with Crippen molar-refractivity contribution < 1.29 is 38.2 Å². The van der Waals surface area contributed by atoms with Crippen molar-refractivity contribution in [2.45, 2.75) is 67.1 Å². The minimum atomic E-state index is -3.29. The SMILES string of the molecule is C.CCOP(=O)(CCC[C@H](NC(=O)c1ccc(N(C)Cc2ccc3nc(C)[nH]c(=O)c3c2)s1)C(=O)O)OCC.Cc1nc2ccc(CN(C)c3ccc(C(=O)O)s3)cc2c(=O)[nH]1. The normalized spacial score (nSPS) is 11.6. The van der Waals surface area contributed by atoms with Crippen molar-refractivity contribution in [3.8, 4) is 0 Å². The smallest absolute Gasteiger partial charge is 0.345 e. The number of hydrogen-bond acceptors (Lipinski definition) is 14. The molecule has 0 radical (unpaired) electrons. The molecule has 0 aliphatic rings. The van der Waals surface area contributed by atoms with Gasteiger partial charge in [0.25, 0.3) is 17.0 Å². The van der Waals surface area contributed by atoms with Crippen molar-refractivity contribution in [2.75, 3.05) is 43.3 Å². The average molecular weight is 910 g/mol. The largest absolute Gasteiger partial charge is 0.480 e. The monoisotopic (exact) mass is 909 g/mol. The Morgan fingerprint density at radius 2 is 1.24 bits per heavy atom. The van der Waals surface area contributed by atoms with Gasteiger partial charge in [-0.25, -0.2) is 19.6 Å². The van der Waals surface area contributed by atoms with Gasteiger partial charge in [0.1, 0.15) is 22.6 Å². The van der Waals surface area contributed by atoms with E-state index in [0.717, 1.165) is 21.1 Å². The number of aliphatic carboxylic acids is 1. The number of thiophene rings is 2. The number of aromatic nitrogens is 4. The van der Waals surface area contributed by atoms with Crippen LogP contribution in [0.2, 0.25) is 0 Å². The molecule has 0 saturated heterocycles. The summed E-state index contributed by atoms with van der Waals surface area (Å²) >= 11 is 2.45. The minimum Gasteiger partial charge on any atom is -0.480 e. The Balaban J connectivity index is 0.000000300. The van der Waals surface area contributed by atoms with Gasteiger partial charge in [0, 0.05) is 27.2 Å². The molecule has 0 saturated carbocycles. The number of hydrogen-bond donors (Lipinski definition) is 5. The minimum absolute atomic E-state index is 0. The van der Waals surface area contributed by atoms with Gasteiger partial charge in [0.15, 0.2) is 0 Å². The van der Waals surface area contributed by atoms with Gasteiger partial charge in [0.05, 0.1) is 56.1 Å². The number of fused-ring (bicyclic) bond motifs is 2. The molecule has 1 amide bonds. The zero-order chi connectivity index (χ0) is 44.4. The molecule has 5 N–H and O–H groups in total. The first-order valence-corrected chi connectivity index (χ1v) is 22.6. The Morgan fingerprint density at radius 3 is 1.68 bits per heavy atom. The summed E-state index contributed by atoms with van der Waals surface area (Å²) in [5.41, 5.74) is 2.81. The van der Waals surface area contributed by atoms with Crippen LogP contribution < -0.4 is 26.2 Å². The van der Waals surface area contributed by atoms with Crippen LogP contribution in [0.3, 0.4) is 0 Å². The van der Waals surface area contributed by atoms with E-state index in [0.29, 0.717) is 56.3 Å². The van der Waals surface area contributed by atoms with Crippen LogP contribution in [0, 0.1) is 13.8 Å². The van der Waals surface area contributed by atoms with Gasteiger partial charge in [-0.2, -0.15) is 0 Å². The summed E-state index contributed by atoms with van der Waals surface area (Å²) < 4.78 is 23.1. The topological polar surface area (TPSA) is 237 Å². The van der Waals surface area contributed by atoms with Gasteiger partial charge in [-0.3, -0.25) is 18.9 Å². The van der Waals surface area contributed by atoms with Gasteiger partial charge in [-0.05, 0) is 100 Å². The first kappa shape index (κ1) is 48.9. The van der Waals surface area contributed by atoms with E-state index in [1.165, 1.54) is 22.7 Å². The van der Waals surface area contributed by atoms with E-state index in [1.807, 2.05) is 54.2 Å². The van der Waals surface area contributed by atoms with Crippen LogP contribution in [0.15, 0.2) is 70.3 Å². The first-order chi connectivity index (χ1) is 29.0. The molecule has 17 nitrogen and oxygen atoms in total. The van der Waals surface area contributed by atoms with Crippen molar-refractivity contribution in [2.24, 2.45) is 0 Å². The summed E-state index contributed by atoms with van der Waals surface area (Å²) in [6.45, 7) is 8.40. The predicted octanol–water partition coefficient (Wildman–Crippen LogP) is 7.42. The van der Waals surface area contributed by atoms with E-state index >= 15 is 0 Å². The summed E-state index contributed by atoms with van der Waals surface area (Å²) in [6.07, 6.45) is 0.397. The van der Waals surface area contributed by atoms with Gasteiger partial charge in [0.2, 0.25) is 0 Å². The highest BCUT2D eigenvalue weighted by Crippen LogP contribution is 2.48. The molecule has 1 atom stereocenters. The van der Waals surface area contributed by atoms with Crippen LogP contribution in [0.4, 0.5) is 10.0 Å². The lowest BCUT2D eigenvalue weighted by atomic mass is 10.1. The molecule has 20 heteroatoms. The van der Waals surface area contributed by atoms with Gasteiger partial charge < -0.3 is 44.3 Å². The Bertz CT molecular complexity index is 2690.